The molecule has 0 aliphatic heterocycles. The molecule has 0 spiro atoms. The number of rotatable bonds is 2. The molecular weight excluding hydrogens is 164 g/mol. The van der Waals surface area contributed by atoms with E-state index in [2.05, 4.69) is 19.9 Å². The predicted molar refractivity (Wildman–Crippen MR) is 52.5 cm³/mol. The van der Waals surface area contributed by atoms with Crippen molar-refractivity contribution in [3.8, 4) is 0 Å². The van der Waals surface area contributed by atoms with Crippen LogP contribution in [-0.4, -0.2) is 11.1 Å². The molecule has 0 radical (unpaired) electrons. The number of allylic oxidation sites excluding steroid dienone is 2. The third kappa shape index (κ3) is 2.11. The van der Waals surface area contributed by atoms with Crippen LogP contribution in [0.2, 0.25) is 0 Å². The summed E-state index contributed by atoms with van der Waals surface area (Å²) < 4.78 is 0. The molecule has 0 saturated heterocycles. The second-order valence-electron chi connectivity index (χ2n) is 4.50. The van der Waals surface area contributed by atoms with Gasteiger partial charge in [0, 0.05) is 0 Å². The van der Waals surface area contributed by atoms with Crippen molar-refractivity contribution in [2.45, 2.75) is 40.0 Å². The number of hydrogen-bond donors (Lipinski definition) is 1. The first-order valence-corrected chi connectivity index (χ1v) is 4.88. The van der Waals surface area contributed by atoms with Crippen LogP contribution in [0.5, 0.6) is 0 Å². The Hall–Kier alpha value is -0.790. The lowest BCUT2D eigenvalue weighted by Gasteiger charge is -2.29. The molecule has 1 aliphatic rings. The van der Waals surface area contributed by atoms with Crippen LogP contribution in [0, 0.1) is 11.3 Å². The molecule has 2 heteroatoms. The van der Waals surface area contributed by atoms with E-state index >= 15 is 0 Å². The fourth-order valence-corrected chi connectivity index (χ4v) is 1.70. The molecule has 1 unspecified atom stereocenters. The molecule has 0 heterocycles. The van der Waals surface area contributed by atoms with Gasteiger partial charge in [0.15, 0.2) is 0 Å². The summed E-state index contributed by atoms with van der Waals surface area (Å²) in [4.78, 5) is 10.9. The van der Waals surface area contributed by atoms with Crippen molar-refractivity contribution in [2.24, 2.45) is 11.3 Å². The zero-order valence-corrected chi connectivity index (χ0v) is 8.63. The fourth-order valence-electron chi connectivity index (χ4n) is 1.70. The summed E-state index contributed by atoms with van der Waals surface area (Å²) in [5.41, 5.74) is 0.900. The standard InChI is InChI=1S/C11H18O2/c1-8(2)9-4-6-11(3,7-5-9)10(12)13/h4,8H,5-7H2,1-3H3,(H,12,13). The molecule has 0 bridgehead atoms. The minimum absolute atomic E-state index is 0.515. The Bertz CT molecular complexity index is 240. The first-order chi connectivity index (χ1) is 5.96. The van der Waals surface area contributed by atoms with Gasteiger partial charge >= 0.3 is 5.97 Å². The molecule has 0 aromatic rings. The number of aliphatic carboxylic acids is 1. The van der Waals surface area contributed by atoms with Gasteiger partial charge in [-0.15, -0.1) is 0 Å². The predicted octanol–water partition coefficient (Wildman–Crippen LogP) is 2.84. The largest absolute Gasteiger partial charge is 0.481 e. The van der Waals surface area contributed by atoms with E-state index in [0.717, 1.165) is 12.8 Å². The molecule has 0 aromatic carbocycles. The maximum absolute atomic E-state index is 10.9. The van der Waals surface area contributed by atoms with Gasteiger partial charge in [0.25, 0.3) is 0 Å². The third-order valence-electron chi connectivity index (χ3n) is 3.04. The number of carboxylic acid groups (broad SMARTS) is 1. The van der Waals surface area contributed by atoms with E-state index < -0.39 is 11.4 Å². The van der Waals surface area contributed by atoms with Crippen LogP contribution in [-0.2, 0) is 4.79 Å². The first-order valence-electron chi connectivity index (χ1n) is 4.88. The number of carboxylic acids is 1. The monoisotopic (exact) mass is 182 g/mol. The molecule has 0 saturated carbocycles. The molecule has 1 N–H and O–H groups in total. The summed E-state index contributed by atoms with van der Waals surface area (Å²) >= 11 is 0. The average Bonchev–Trinajstić information content (AvgIpc) is 2.04. The first kappa shape index (κ1) is 10.3. The maximum Gasteiger partial charge on any atom is 0.309 e. The summed E-state index contributed by atoms with van der Waals surface area (Å²) in [6.45, 7) is 6.16. The van der Waals surface area contributed by atoms with E-state index in [4.69, 9.17) is 5.11 Å². The van der Waals surface area contributed by atoms with Gasteiger partial charge in [-0.25, -0.2) is 0 Å². The summed E-state index contributed by atoms with van der Waals surface area (Å²) in [5.74, 6) is -0.0927. The van der Waals surface area contributed by atoms with Crippen molar-refractivity contribution in [1.82, 2.24) is 0 Å². The average molecular weight is 182 g/mol. The Labute approximate surface area is 79.6 Å². The van der Waals surface area contributed by atoms with E-state index in [9.17, 15) is 4.79 Å². The van der Waals surface area contributed by atoms with Crippen molar-refractivity contribution in [1.29, 1.82) is 0 Å². The second-order valence-corrected chi connectivity index (χ2v) is 4.50. The summed E-state index contributed by atoms with van der Waals surface area (Å²) in [6, 6.07) is 0. The quantitative estimate of drug-likeness (QED) is 0.667. The molecule has 74 valence electrons. The van der Waals surface area contributed by atoms with E-state index in [1.807, 2.05) is 6.92 Å². The van der Waals surface area contributed by atoms with E-state index in [-0.39, 0.29) is 0 Å². The molecule has 0 aromatic heterocycles. The molecule has 13 heavy (non-hydrogen) atoms. The molecule has 2 nitrogen and oxygen atoms in total. The van der Waals surface area contributed by atoms with Crippen LogP contribution in [0.1, 0.15) is 40.0 Å². The second kappa shape index (κ2) is 3.52. The summed E-state index contributed by atoms with van der Waals surface area (Å²) in [6.07, 6.45) is 4.53. The SMILES string of the molecule is CC(C)C1=CCC(C)(C(=O)O)CC1. The Morgan fingerprint density at radius 1 is 1.62 bits per heavy atom. The van der Waals surface area contributed by atoms with Gasteiger partial charge in [-0.3, -0.25) is 4.79 Å². The van der Waals surface area contributed by atoms with Crippen LogP contribution in [0.4, 0.5) is 0 Å². The molecule has 1 rings (SSSR count). The highest BCUT2D eigenvalue weighted by Crippen LogP contribution is 2.37. The van der Waals surface area contributed by atoms with E-state index in [0.29, 0.717) is 12.3 Å². The Morgan fingerprint density at radius 2 is 2.23 bits per heavy atom. The third-order valence-corrected chi connectivity index (χ3v) is 3.04. The minimum Gasteiger partial charge on any atom is -0.481 e. The Balaban J connectivity index is 2.70. The molecule has 1 atom stereocenters. The van der Waals surface area contributed by atoms with Crippen LogP contribution < -0.4 is 0 Å². The Kier molecular flexibility index (Phi) is 2.79. The highest BCUT2D eigenvalue weighted by molar-refractivity contribution is 5.74. The Morgan fingerprint density at radius 3 is 2.54 bits per heavy atom. The van der Waals surface area contributed by atoms with E-state index in [1.165, 1.54) is 5.57 Å². The zero-order chi connectivity index (χ0) is 10.1. The number of hydrogen-bond acceptors (Lipinski definition) is 1. The summed E-state index contributed by atoms with van der Waals surface area (Å²) in [5, 5.41) is 8.99. The smallest absolute Gasteiger partial charge is 0.309 e. The zero-order valence-electron chi connectivity index (χ0n) is 8.63. The van der Waals surface area contributed by atoms with Crippen LogP contribution in [0.15, 0.2) is 11.6 Å². The lowest BCUT2D eigenvalue weighted by molar-refractivity contribution is -0.148. The molecule has 0 amide bonds. The molecular formula is C11H18O2. The number of carbonyl (C=O) groups is 1. The van der Waals surface area contributed by atoms with Crippen LogP contribution in [0.3, 0.4) is 0 Å². The normalized spacial score (nSPS) is 28.8. The maximum atomic E-state index is 10.9. The highest BCUT2D eigenvalue weighted by Gasteiger charge is 2.34. The fraction of sp³-hybridized carbons (Fsp3) is 0.727. The van der Waals surface area contributed by atoms with Crippen LogP contribution >= 0.6 is 0 Å². The highest BCUT2D eigenvalue weighted by atomic mass is 16.4. The lowest BCUT2D eigenvalue weighted by atomic mass is 9.75. The van der Waals surface area contributed by atoms with Crippen molar-refractivity contribution >= 4 is 5.97 Å². The van der Waals surface area contributed by atoms with Gasteiger partial charge < -0.3 is 5.11 Å². The van der Waals surface area contributed by atoms with Gasteiger partial charge in [0.1, 0.15) is 0 Å². The summed E-state index contributed by atoms with van der Waals surface area (Å²) in [7, 11) is 0. The topological polar surface area (TPSA) is 37.3 Å². The van der Waals surface area contributed by atoms with Crippen molar-refractivity contribution in [3.05, 3.63) is 11.6 Å². The van der Waals surface area contributed by atoms with Gasteiger partial charge in [0.2, 0.25) is 0 Å². The van der Waals surface area contributed by atoms with Crippen LogP contribution in [0.25, 0.3) is 0 Å². The van der Waals surface area contributed by atoms with Crippen molar-refractivity contribution < 1.29 is 9.90 Å². The minimum atomic E-state index is -0.661. The van der Waals surface area contributed by atoms with Gasteiger partial charge in [0.05, 0.1) is 5.41 Å². The van der Waals surface area contributed by atoms with Gasteiger partial charge in [-0.2, -0.15) is 0 Å². The molecule has 0 fully saturated rings. The molecule has 1 aliphatic carbocycles. The van der Waals surface area contributed by atoms with Crippen molar-refractivity contribution in [2.75, 3.05) is 0 Å². The van der Waals surface area contributed by atoms with E-state index in [1.54, 1.807) is 0 Å². The lowest BCUT2D eigenvalue weighted by Crippen LogP contribution is -2.29. The van der Waals surface area contributed by atoms with Gasteiger partial charge in [-0.05, 0) is 32.1 Å². The van der Waals surface area contributed by atoms with Crippen molar-refractivity contribution in [3.63, 3.8) is 0 Å². The van der Waals surface area contributed by atoms with Gasteiger partial charge in [-0.1, -0.05) is 25.5 Å².